The lowest BCUT2D eigenvalue weighted by atomic mass is 9.54. The Labute approximate surface area is 147 Å². The highest BCUT2D eigenvalue weighted by Gasteiger charge is 2.56. The highest BCUT2D eigenvalue weighted by Crippen LogP contribution is 2.62. The van der Waals surface area contributed by atoms with Crippen LogP contribution in [0.2, 0.25) is 0 Å². The first-order valence-electron chi connectivity index (χ1n) is 9.56. The van der Waals surface area contributed by atoms with E-state index in [2.05, 4.69) is 76.2 Å². The molecular weight excluding hydrogens is 288 g/mol. The Bertz CT molecular complexity index is 749. The first kappa shape index (κ1) is 15.9. The fraction of sp³-hybridized carbons (Fsp3) is 0.500. The van der Waals surface area contributed by atoms with Crippen LogP contribution in [0.5, 0.6) is 0 Å². The van der Waals surface area contributed by atoms with Crippen molar-refractivity contribution in [2.45, 2.75) is 70.6 Å². The smallest absolute Gasteiger partial charge is 0.0262 e. The summed E-state index contributed by atoms with van der Waals surface area (Å²) in [5.41, 5.74) is 7.03. The van der Waals surface area contributed by atoms with E-state index >= 15 is 0 Å². The molecule has 2 unspecified atom stereocenters. The molecule has 0 amide bonds. The van der Waals surface area contributed by atoms with Crippen LogP contribution < -0.4 is 0 Å². The molecule has 4 rings (SSSR count). The molecule has 0 bridgehead atoms. The summed E-state index contributed by atoms with van der Waals surface area (Å²) in [4.78, 5) is 0. The summed E-state index contributed by atoms with van der Waals surface area (Å²) in [6.07, 6.45) is 6.62. The molecule has 0 radical (unpaired) electrons. The summed E-state index contributed by atoms with van der Waals surface area (Å²) in [5.74, 6) is 0. The maximum absolute atomic E-state index is 2.55. The number of fused-ring (bicyclic) bond motifs is 3. The molecule has 2 aromatic carbocycles. The van der Waals surface area contributed by atoms with Crippen molar-refractivity contribution in [2.24, 2.45) is 5.41 Å². The summed E-state index contributed by atoms with van der Waals surface area (Å²) < 4.78 is 0. The van der Waals surface area contributed by atoms with Crippen molar-refractivity contribution < 1.29 is 0 Å². The van der Waals surface area contributed by atoms with Gasteiger partial charge in [-0.2, -0.15) is 0 Å². The summed E-state index contributed by atoms with van der Waals surface area (Å²) in [7, 11) is 0. The standard InChI is InChI=1S/C24H30/c1-22(2,3)20-13-12-18-17-23(4)14-8-9-15-24(23,21(18)16-20)19-10-6-5-7-11-19/h5-7,10-13,16H,8-9,14-15,17H2,1-4H3. The van der Waals surface area contributed by atoms with Crippen molar-refractivity contribution in [3.8, 4) is 0 Å². The van der Waals surface area contributed by atoms with Crippen molar-refractivity contribution in [2.75, 3.05) is 0 Å². The topological polar surface area (TPSA) is 0 Å². The number of hydrogen-bond donors (Lipinski definition) is 0. The van der Waals surface area contributed by atoms with Gasteiger partial charge in [-0.1, -0.05) is 89.1 Å². The van der Waals surface area contributed by atoms with Gasteiger partial charge in [0.05, 0.1) is 0 Å². The van der Waals surface area contributed by atoms with E-state index in [-0.39, 0.29) is 10.8 Å². The second kappa shape index (κ2) is 5.22. The van der Waals surface area contributed by atoms with Gasteiger partial charge in [0.25, 0.3) is 0 Å². The van der Waals surface area contributed by atoms with Gasteiger partial charge >= 0.3 is 0 Å². The van der Waals surface area contributed by atoms with Crippen molar-refractivity contribution in [3.63, 3.8) is 0 Å². The Morgan fingerprint density at radius 3 is 2.29 bits per heavy atom. The molecule has 2 atom stereocenters. The molecule has 2 aliphatic carbocycles. The van der Waals surface area contributed by atoms with Crippen LogP contribution in [0.1, 0.15) is 75.6 Å². The zero-order chi connectivity index (χ0) is 17.0. The van der Waals surface area contributed by atoms with Crippen LogP contribution >= 0.6 is 0 Å². The second-order valence-electron chi connectivity index (χ2n) is 9.34. The van der Waals surface area contributed by atoms with Crippen LogP contribution in [0.4, 0.5) is 0 Å². The first-order valence-corrected chi connectivity index (χ1v) is 9.56. The average Bonchev–Trinajstić information content (AvgIpc) is 2.83. The quantitative estimate of drug-likeness (QED) is 0.570. The molecule has 1 fully saturated rings. The molecule has 2 aliphatic rings. The maximum atomic E-state index is 2.55. The van der Waals surface area contributed by atoms with Gasteiger partial charge in [0.2, 0.25) is 0 Å². The molecule has 0 aromatic heterocycles. The van der Waals surface area contributed by atoms with Gasteiger partial charge in [-0.05, 0) is 52.3 Å². The molecule has 126 valence electrons. The number of hydrogen-bond acceptors (Lipinski definition) is 0. The van der Waals surface area contributed by atoms with Crippen molar-refractivity contribution in [1.29, 1.82) is 0 Å². The van der Waals surface area contributed by atoms with Crippen LogP contribution in [0, 0.1) is 5.41 Å². The van der Waals surface area contributed by atoms with E-state index in [1.165, 1.54) is 43.2 Å². The van der Waals surface area contributed by atoms with Crippen LogP contribution in [-0.2, 0) is 17.3 Å². The first-order chi connectivity index (χ1) is 11.4. The van der Waals surface area contributed by atoms with Crippen LogP contribution in [-0.4, -0.2) is 0 Å². The molecule has 0 heterocycles. The predicted octanol–water partition coefficient (Wildman–Crippen LogP) is 6.41. The van der Waals surface area contributed by atoms with E-state index in [4.69, 9.17) is 0 Å². The van der Waals surface area contributed by atoms with E-state index in [0.717, 1.165) is 0 Å². The molecule has 0 saturated heterocycles. The van der Waals surface area contributed by atoms with Gasteiger partial charge in [-0.3, -0.25) is 0 Å². The molecular formula is C24H30. The Hall–Kier alpha value is -1.56. The predicted molar refractivity (Wildman–Crippen MR) is 103 cm³/mol. The van der Waals surface area contributed by atoms with E-state index in [9.17, 15) is 0 Å². The van der Waals surface area contributed by atoms with Crippen molar-refractivity contribution >= 4 is 0 Å². The Morgan fingerprint density at radius 1 is 0.875 bits per heavy atom. The van der Waals surface area contributed by atoms with Crippen molar-refractivity contribution in [3.05, 3.63) is 70.8 Å². The lowest BCUT2D eigenvalue weighted by Crippen LogP contribution is -2.44. The third kappa shape index (κ3) is 2.11. The highest BCUT2D eigenvalue weighted by atomic mass is 14.6. The van der Waals surface area contributed by atoms with Gasteiger partial charge in [0, 0.05) is 5.41 Å². The fourth-order valence-electron chi connectivity index (χ4n) is 5.51. The van der Waals surface area contributed by atoms with Crippen molar-refractivity contribution in [1.82, 2.24) is 0 Å². The van der Waals surface area contributed by atoms with Gasteiger partial charge < -0.3 is 0 Å². The lowest BCUT2D eigenvalue weighted by Gasteiger charge is -2.49. The monoisotopic (exact) mass is 318 g/mol. The van der Waals surface area contributed by atoms with Crippen LogP contribution in [0.3, 0.4) is 0 Å². The number of benzene rings is 2. The molecule has 0 nitrogen and oxygen atoms in total. The van der Waals surface area contributed by atoms with Crippen LogP contribution in [0.25, 0.3) is 0 Å². The van der Waals surface area contributed by atoms with Gasteiger partial charge in [-0.15, -0.1) is 0 Å². The maximum Gasteiger partial charge on any atom is 0.0262 e. The van der Waals surface area contributed by atoms with E-state index < -0.39 is 0 Å². The molecule has 24 heavy (non-hydrogen) atoms. The number of rotatable bonds is 1. The molecule has 2 aromatic rings. The van der Waals surface area contributed by atoms with Crippen LogP contribution in [0.15, 0.2) is 48.5 Å². The zero-order valence-corrected chi connectivity index (χ0v) is 15.7. The molecule has 0 aliphatic heterocycles. The molecule has 0 heteroatoms. The minimum atomic E-state index is 0.209. The third-order valence-electron chi connectivity index (χ3n) is 6.84. The normalized spacial score (nSPS) is 29.2. The highest BCUT2D eigenvalue weighted by molar-refractivity contribution is 5.54. The van der Waals surface area contributed by atoms with Gasteiger partial charge in [-0.25, -0.2) is 0 Å². The second-order valence-corrected chi connectivity index (χ2v) is 9.34. The SMILES string of the molecule is CC(C)(C)c1ccc2c(c1)C1(c3ccccc3)CCCCC1(C)C2. The Morgan fingerprint density at radius 2 is 1.58 bits per heavy atom. The Kier molecular flexibility index (Phi) is 3.46. The minimum absolute atomic E-state index is 0.209. The molecule has 0 N–H and O–H groups in total. The van der Waals surface area contributed by atoms with E-state index in [1.54, 1.807) is 11.1 Å². The molecule has 0 spiro atoms. The largest absolute Gasteiger partial charge is 0.0622 e. The lowest BCUT2D eigenvalue weighted by molar-refractivity contribution is 0.127. The molecule has 1 saturated carbocycles. The minimum Gasteiger partial charge on any atom is -0.0622 e. The van der Waals surface area contributed by atoms with E-state index in [1.807, 2.05) is 0 Å². The summed E-state index contributed by atoms with van der Waals surface area (Å²) in [5, 5.41) is 0. The summed E-state index contributed by atoms with van der Waals surface area (Å²) in [6, 6.07) is 18.7. The Balaban J connectivity index is 1.98. The average molecular weight is 319 g/mol. The fourth-order valence-corrected chi connectivity index (χ4v) is 5.51. The third-order valence-corrected chi connectivity index (χ3v) is 6.84. The zero-order valence-electron chi connectivity index (χ0n) is 15.7. The summed E-state index contributed by atoms with van der Waals surface area (Å²) in [6.45, 7) is 9.55. The van der Waals surface area contributed by atoms with Gasteiger partial charge in [0.1, 0.15) is 0 Å². The van der Waals surface area contributed by atoms with Gasteiger partial charge in [0.15, 0.2) is 0 Å². The van der Waals surface area contributed by atoms with E-state index in [0.29, 0.717) is 5.41 Å². The summed E-state index contributed by atoms with van der Waals surface area (Å²) >= 11 is 0.